The van der Waals surface area contributed by atoms with Crippen LogP contribution in [0, 0.1) is 11.8 Å². The third-order valence-electron chi connectivity index (χ3n) is 6.50. The molecule has 9 heteroatoms. The molecule has 9 nitrogen and oxygen atoms in total. The van der Waals surface area contributed by atoms with Crippen LogP contribution in [0.3, 0.4) is 0 Å². The lowest BCUT2D eigenvalue weighted by atomic mass is 9.71. The third-order valence-corrected chi connectivity index (χ3v) is 6.50. The van der Waals surface area contributed by atoms with E-state index in [9.17, 15) is 24.3 Å². The van der Waals surface area contributed by atoms with Gasteiger partial charge in [0, 0.05) is 13.1 Å². The summed E-state index contributed by atoms with van der Waals surface area (Å²) in [6.07, 6.45) is 0.300. The summed E-state index contributed by atoms with van der Waals surface area (Å²) in [6.45, 7) is 13.1. The maximum atomic E-state index is 13.9. The van der Waals surface area contributed by atoms with Gasteiger partial charge in [0.25, 0.3) is 0 Å². The van der Waals surface area contributed by atoms with Gasteiger partial charge < -0.3 is 25.4 Å². The number of benzene rings is 1. The summed E-state index contributed by atoms with van der Waals surface area (Å²) in [5.74, 6) is -2.56. The average Bonchev–Trinajstić information content (AvgIpc) is 2.79. The maximum absolute atomic E-state index is 13.9. The Hall–Kier alpha value is -3.10. The minimum Gasteiger partial charge on any atom is -0.480 e. The molecule has 1 fully saturated rings. The van der Waals surface area contributed by atoms with Gasteiger partial charge in [-0.05, 0) is 51.0 Å². The van der Waals surface area contributed by atoms with Crippen molar-refractivity contribution in [2.24, 2.45) is 11.8 Å². The lowest BCUT2D eigenvalue weighted by molar-refractivity contribution is -0.144. The first-order chi connectivity index (χ1) is 16.7. The van der Waals surface area contributed by atoms with E-state index in [4.69, 9.17) is 4.74 Å². The van der Waals surface area contributed by atoms with Crippen LogP contribution in [0.2, 0.25) is 0 Å². The summed E-state index contributed by atoms with van der Waals surface area (Å²) in [6, 6.07) is 7.37. The van der Waals surface area contributed by atoms with E-state index < -0.39 is 41.1 Å². The minimum atomic E-state index is -1.12. The molecule has 3 N–H and O–H groups in total. The highest BCUT2D eigenvalue weighted by Gasteiger charge is 2.45. The van der Waals surface area contributed by atoms with Gasteiger partial charge >= 0.3 is 12.1 Å². The number of hydrogen-bond donors (Lipinski definition) is 3. The standard InChI is InChI=1S/C27H41N3O6/c1-17(2)20(22(31)28-21(18(3)4)23(32)33)29-24(34)27(19-11-9-8-10-12-19)13-15-30(16-14-27)25(35)36-26(5,6)7/h8-12,17-18,20-21H,13-16H2,1-7H3,(H,28,31)(H,29,34)(H,32,33)/t20-,21+/m1/s1. The number of carboxylic acids is 1. The van der Waals surface area contributed by atoms with E-state index in [0.29, 0.717) is 25.9 Å². The first kappa shape index (κ1) is 29.1. The zero-order valence-electron chi connectivity index (χ0n) is 22.5. The van der Waals surface area contributed by atoms with Crippen LogP contribution < -0.4 is 10.6 Å². The Morgan fingerprint density at radius 3 is 1.89 bits per heavy atom. The van der Waals surface area contributed by atoms with E-state index in [1.807, 2.05) is 51.1 Å². The van der Waals surface area contributed by atoms with Gasteiger partial charge in [0.2, 0.25) is 11.8 Å². The summed E-state index contributed by atoms with van der Waals surface area (Å²) in [5, 5.41) is 15.0. The monoisotopic (exact) mass is 503 g/mol. The summed E-state index contributed by atoms with van der Waals surface area (Å²) < 4.78 is 5.50. The molecule has 0 aliphatic carbocycles. The molecular weight excluding hydrogens is 462 g/mol. The van der Waals surface area contributed by atoms with Gasteiger partial charge in [-0.2, -0.15) is 0 Å². The average molecular weight is 504 g/mol. The molecule has 0 saturated carbocycles. The number of carbonyl (C=O) groups excluding carboxylic acids is 3. The molecule has 1 aliphatic rings. The fraction of sp³-hybridized carbons (Fsp3) is 0.630. The van der Waals surface area contributed by atoms with Gasteiger partial charge in [-0.15, -0.1) is 0 Å². The number of rotatable bonds is 8. The normalized spacial score (nSPS) is 17.3. The SMILES string of the molecule is CC(C)[C@H](NC(=O)[C@H](NC(=O)C1(c2ccccc2)CCN(C(=O)OC(C)(C)C)CC1)C(C)C)C(=O)O. The minimum absolute atomic E-state index is 0.273. The lowest BCUT2D eigenvalue weighted by Crippen LogP contribution is -2.60. The predicted octanol–water partition coefficient (Wildman–Crippen LogP) is 3.32. The first-order valence-electron chi connectivity index (χ1n) is 12.6. The van der Waals surface area contributed by atoms with Gasteiger partial charge in [0.1, 0.15) is 17.7 Å². The number of aliphatic carboxylic acids is 1. The van der Waals surface area contributed by atoms with Crippen LogP contribution in [0.25, 0.3) is 0 Å². The van der Waals surface area contributed by atoms with Crippen molar-refractivity contribution in [2.75, 3.05) is 13.1 Å². The number of hydrogen-bond acceptors (Lipinski definition) is 5. The number of piperidine rings is 1. The Morgan fingerprint density at radius 2 is 1.44 bits per heavy atom. The van der Waals surface area contributed by atoms with Crippen LogP contribution in [0.15, 0.2) is 30.3 Å². The number of nitrogens with one attached hydrogen (secondary N) is 2. The number of carboxylic acid groups (broad SMARTS) is 1. The van der Waals surface area contributed by atoms with Crippen molar-refractivity contribution >= 4 is 23.9 Å². The Bertz CT molecular complexity index is 931. The topological polar surface area (TPSA) is 125 Å². The molecule has 0 aromatic heterocycles. The second-order valence-corrected chi connectivity index (χ2v) is 11.2. The first-order valence-corrected chi connectivity index (χ1v) is 12.6. The van der Waals surface area contributed by atoms with Crippen LogP contribution >= 0.6 is 0 Å². The van der Waals surface area contributed by atoms with Crippen LogP contribution in [0.4, 0.5) is 4.79 Å². The van der Waals surface area contributed by atoms with Gasteiger partial charge in [-0.3, -0.25) is 9.59 Å². The van der Waals surface area contributed by atoms with Crippen molar-refractivity contribution in [3.05, 3.63) is 35.9 Å². The van der Waals surface area contributed by atoms with E-state index in [1.54, 1.807) is 32.6 Å². The largest absolute Gasteiger partial charge is 0.480 e. The molecule has 0 unspecified atom stereocenters. The Morgan fingerprint density at radius 1 is 0.917 bits per heavy atom. The number of likely N-dealkylation sites (tertiary alicyclic amines) is 1. The number of nitrogens with zero attached hydrogens (tertiary/aromatic N) is 1. The zero-order chi connectivity index (χ0) is 27.3. The molecule has 3 amide bonds. The van der Waals surface area contributed by atoms with Gasteiger partial charge in [0.05, 0.1) is 5.41 Å². The van der Waals surface area contributed by atoms with E-state index >= 15 is 0 Å². The molecule has 36 heavy (non-hydrogen) atoms. The van der Waals surface area contributed by atoms with E-state index in [-0.39, 0.29) is 17.7 Å². The highest BCUT2D eigenvalue weighted by Crippen LogP contribution is 2.36. The molecule has 1 aliphatic heterocycles. The second kappa shape index (κ2) is 11.8. The fourth-order valence-corrected chi connectivity index (χ4v) is 4.37. The van der Waals surface area contributed by atoms with Crippen LogP contribution in [-0.2, 0) is 24.5 Å². The molecular formula is C27H41N3O6. The van der Waals surface area contributed by atoms with Crippen molar-refractivity contribution in [1.82, 2.24) is 15.5 Å². The van der Waals surface area contributed by atoms with E-state index in [2.05, 4.69) is 10.6 Å². The van der Waals surface area contributed by atoms with Crippen molar-refractivity contribution in [1.29, 1.82) is 0 Å². The maximum Gasteiger partial charge on any atom is 0.410 e. The zero-order valence-corrected chi connectivity index (χ0v) is 22.5. The molecule has 0 bridgehead atoms. The number of ether oxygens (including phenoxy) is 1. The highest BCUT2D eigenvalue weighted by atomic mass is 16.6. The van der Waals surface area contributed by atoms with Crippen LogP contribution in [0.1, 0.15) is 66.9 Å². The van der Waals surface area contributed by atoms with E-state index in [0.717, 1.165) is 5.56 Å². The summed E-state index contributed by atoms with van der Waals surface area (Å²) in [7, 11) is 0. The molecule has 0 spiro atoms. The van der Waals surface area contributed by atoms with Gasteiger partial charge in [-0.1, -0.05) is 58.0 Å². The van der Waals surface area contributed by atoms with Crippen LogP contribution in [0.5, 0.6) is 0 Å². The number of amides is 3. The van der Waals surface area contributed by atoms with Crippen molar-refractivity contribution in [2.45, 2.75) is 84.4 Å². The smallest absolute Gasteiger partial charge is 0.410 e. The molecule has 1 aromatic carbocycles. The quantitative estimate of drug-likeness (QED) is 0.500. The molecule has 1 heterocycles. The van der Waals surface area contributed by atoms with Crippen LogP contribution in [-0.4, -0.2) is 64.7 Å². The molecule has 2 atom stereocenters. The highest BCUT2D eigenvalue weighted by molar-refractivity contribution is 5.94. The van der Waals surface area contributed by atoms with Crippen molar-refractivity contribution < 1.29 is 29.0 Å². The predicted molar refractivity (Wildman–Crippen MR) is 136 cm³/mol. The Balaban J connectivity index is 2.28. The summed E-state index contributed by atoms with van der Waals surface area (Å²) >= 11 is 0. The fourth-order valence-electron chi connectivity index (χ4n) is 4.37. The summed E-state index contributed by atoms with van der Waals surface area (Å²) in [5.41, 5.74) is -0.763. The Labute approximate surface area is 214 Å². The third kappa shape index (κ3) is 7.21. The molecule has 1 aromatic rings. The van der Waals surface area contributed by atoms with E-state index in [1.165, 1.54) is 0 Å². The molecule has 0 radical (unpaired) electrons. The molecule has 1 saturated heterocycles. The molecule has 200 valence electrons. The Kier molecular flexibility index (Phi) is 9.51. The summed E-state index contributed by atoms with van der Waals surface area (Å²) in [4.78, 5) is 52.7. The second-order valence-electron chi connectivity index (χ2n) is 11.2. The lowest BCUT2D eigenvalue weighted by Gasteiger charge is -2.42. The van der Waals surface area contributed by atoms with Crippen molar-refractivity contribution in [3.8, 4) is 0 Å². The van der Waals surface area contributed by atoms with Gasteiger partial charge in [-0.25, -0.2) is 9.59 Å². The molecule has 2 rings (SSSR count). The van der Waals surface area contributed by atoms with Crippen molar-refractivity contribution in [3.63, 3.8) is 0 Å². The van der Waals surface area contributed by atoms with Gasteiger partial charge in [0.15, 0.2) is 0 Å². The number of carbonyl (C=O) groups is 4.